The van der Waals surface area contributed by atoms with Gasteiger partial charge in [-0.3, -0.25) is 9.59 Å². The van der Waals surface area contributed by atoms with E-state index in [1.807, 2.05) is 4.90 Å². The zero-order valence-corrected chi connectivity index (χ0v) is 16.0. The number of carbonyl (C=O) groups is 2. The summed E-state index contributed by atoms with van der Waals surface area (Å²) in [7, 11) is 4.14. The van der Waals surface area contributed by atoms with Gasteiger partial charge in [0.15, 0.2) is 5.78 Å². The maximum Gasteiger partial charge on any atom is 0.254 e. The van der Waals surface area contributed by atoms with Crippen LogP contribution in [0, 0.1) is 6.92 Å². The number of nitrogens with zero attached hydrogens (tertiary/aromatic N) is 2. The quantitative estimate of drug-likeness (QED) is 0.788. The van der Waals surface area contributed by atoms with Crippen LogP contribution in [0.4, 0.5) is 0 Å². The molecule has 0 saturated carbocycles. The number of ketones is 1. The number of amides is 1. The minimum absolute atomic E-state index is 0.00849. The van der Waals surface area contributed by atoms with Crippen LogP contribution in [0.1, 0.15) is 44.0 Å². The maximum absolute atomic E-state index is 12.9. The largest absolute Gasteiger partial charge is 0.336 e. The number of hydrogen-bond donors (Lipinski definition) is 0. The Labute approximate surface area is 153 Å². The molecule has 0 spiro atoms. The number of likely N-dealkylation sites (N-methyl/N-ethyl adjacent to an activating group) is 1. The Hall–Kier alpha value is -1.98. The van der Waals surface area contributed by atoms with E-state index in [2.05, 4.69) is 50.2 Å². The van der Waals surface area contributed by atoms with Gasteiger partial charge in [0.25, 0.3) is 5.91 Å². The zero-order chi connectivity index (χ0) is 18.1. The van der Waals surface area contributed by atoms with Gasteiger partial charge in [0.1, 0.15) is 0 Å². The van der Waals surface area contributed by atoms with Crippen LogP contribution in [0.5, 0.6) is 0 Å². The van der Waals surface area contributed by atoms with Crippen molar-refractivity contribution >= 4 is 23.0 Å². The molecule has 0 radical (unpaired) electrons. The summed E-state index contributed by atoms with van der Waals surface area (Å²) >= 11 is 1.34. The summed E-state index contributed by atoms with van der Waals surface area (Å²) in [5.41, 5.74) is 3.14. The lowest BCUT2D eigenvalue weighted by Crippen LogP contribution is -2.35. The molecule has 1 amide bonds. The molecule has 5 heteroatoms. The number of Topliss-reactive ketones (excluding diaryl/α,β-unsaturated/α-hetero) is 1. The van der Waals surface area contributed by atoms with Crippen molar-refractivity contribution in [2.75, 3.05) is 27.2 Å². The van der Waals surface area contributed by atoms with Gasteiger partial charge >= 0.3 is 0 Å². The Bertz CT molecular complexity index is 779. The number of aryl methyl sites for hydroxylation is 1. The third-order valence-electron chi connectivity index (χ3n) is 4.94. The van der Waals surface area contributed by atoms with Crippen molar-refractivity contribution in [3.63, 3.8) is 0 Å². The van der Waals surface area contributed by atoms with Crippen LogP contribution in [-0.4, -0.2) is 54.7 Å². The van der Waals surface area contributed by atoms with E-state index in [1.54, 1.807) is 11.4 Å². The van der Waals surface area contributed by atoms with E-state index in [1.165, 1.54) is 29.4 Å². The monoisotopic (exact) mass is 356 g/mol. The minimum atomic E-state index is 0.00849. The van der Waals surface area contributed by atoms with Crippen LogP contribution in [0.25, 0.3) is 0 Å². The summed E-state index contributed by atoms with van der Waals surface area (Å²) in [6.07, 6.45) is 0. The summed E-state index contributed by atoms with van der Waals surface area (Å²) in [6.45, 7) is 5.03. The maximum atomic E-state index is 12.9. The van der Waals surface area contributed by atoms with Gasteiger partial charge in [-0.1, -0.05) is 29.8 Å². The summed E-state index contributed by atoms with van der Waals surface area (Å²) in [4.78, 5) is 29.1. The molecule has 4 nitrogen and oxygen atoms in total. The van der Waals surface area contributed by atoms with Crippen molar-refractivity contribution in [1.82, 2.24) is 9.80 Å². The molecule has 0 unspecified atom stereocenters. The molecule has 1 aliphatic rings. The average molecular weight is 356 g/mol. The minimum Gasteiger partial charge on any atom is -0.336 e. The van der Waals surface area contributed by atoms with E-state index in [0.29, 0.717) is 29.4 Å². The molecule has 2 atom stereocenters. The first-order valence-corrected chi connectivity index (χ1v) is 9.36. The molecule has 1 saturated heterocycles. The van der Waals surface area contributed by atoms with Gasteiger partial charge in [-0.05, 0) is 39.6 Å². The fraction of sp³-hybridized carbons (Fsp3) is 0.400. The second-order valence-corrected chi connectivity index (χ2v) is 7.93. The standard InChI is InChI=1S/C20H24N2O2S/c1-13-5-7-15(8-6-13)17-10-22(11-18(17)21(3)4)20(24)16-9-19(14(2)23)25-12-16/h5-9,12,17-18H,10-11H2,1-4H3/t17-,18+/m0/s1. The highest BCUT2D eigenvalue weighted by molar-refractivity contribution is 7.12. The number of hydrogen-bond acceptors (Lipinski definition) is 4. The van der Waals surface area contributed by atoms with E-state index < -0.39 is 0 Å². The predicted octanol–water partition coefficient (Wildman–Crippen LogP) is 3.43. The third kappa shape index (κ3) is 3.67. The highest BCUT2D eigenvalue weighted by Gasteiger charge is 2.37. The van der Waals surface area contributed by atoms with Crippen molar-refractivity contribution in [2.45, 2.75) is 25.8 Å². The first-order chi connectivity index (χ1) is 11.9. The topological polar surface area (TPSA) is 40.6 Å². The summed E-state index contributed by atoms with van der Waals surface area (Å²) in [5.74, 6) is 0.324. The predicted molar refractivity (Wildman–Crippen MR) is 102 cm³/mol. The van der Waals surface area contributed by atoms with Crippen LogP contribution in [-0.2, 0) is 0 Å². The van der Waals surface area contributed by atoms with E-state index in [0.717, 1.165) is 0 Å². The van der Waals surface area contributed by atoms with E-state index >= 15 is 0 Å². The summed E-state index contributed by atoms with van der Waals surface area (Å²) in [6, 6.07) is 10.6. The van der Waals surface area contributed by atoms with E-state index in [9.17, 15) is 9.59 Å². The molecule has 1 aliphatic heterocycles. The molecule has 132 valence electrons. The second-order valence-electron chi connectivity index (χ2n) is 7.01. The zero-order valence-electron chi connectivity index (χ0n) is 15.2. The Kier molecular flexibility index (Phi) is 5.06. The SMILES string of the molecule is CC(=O)c1cc(C(=O)N2C[C@@H](N(C)C)[C@H](c3ccc(C)cc3)C2)cs1. The summed E-state index contributed by atoms with van der Waals surface area (Å²) < 4.78 is 0. The molecule has 1 aromatic heterocycles. The molecular formula is C20H24N2O2S. The van der Waals surface area contributed by atoms with E-state index in [4.69, 9.17) is 0 Å². The number of likely N-dealkylation sites (tertiary alicyclic amines) is 1. The van der Waals surface area contributed by atoms with Gasteiger partial charge in [-0.2, -0.15) is 0 Å². The number of rotatable bonds is 4. The first kappa shape index (κ1) is 17.8. The fourth-order valence-corrected chi connectivity index (χ4v) is 4.22. The molecule has 0 N–H and O–H groups in total. The molecule has 3 rings (SSSR count). The van der Waals surface area contributed by atoms with Gasteiger partial charge < -0.3 is 9.80 Å². The lowest BCUT2D eigenvalue weighted by atomic mass is 9.93. The third-order valence-corrected chi connectivity index (χ3v) is 5.97. The molecule has 0 bridgehead atoms. The lowest BCUT2D eigenvalue weighted by molar-refractivity contribution is 0.0783. The Morgan fingerprint density at radius 3 is 2.40 bits per heavy atom. The fourth-order valence-electron chi connectivity index (χ4n) is 3.43. The van der Waals surface area contributed by atoms with Gasteiger partial charge in [0, 0.05) is 30.4 Å². The van der Waals surface area contributed by atoms with Crippen molar-refractivity contribution in [2.24, 2.45) is 0 Å². The number of thiophene rings is 1. The molecule has 0 aliphatic carbocycles. The van der Waals surface area contributed by atoms with Crippen LogP contribution in [0.3, 0.4) is 0 Å². The van der Waals surface area contributed by atoms with Gasteiger partial charge in [0.05, 0.1) is 10.4 Å². The molecule has 1 aromatic carbocycles. The van der Waals surface area contributed by atoms with Crippen molar-refractivity contribution < 1.29 is 9.59 Å². The smallest absolute Gasteiger partial charge is 0.254 e. The van der Waals surface area contributed by atoms with Crippen LogP contribution < -0.4 is 0 Å². The lowest BCUT2D eigenvalue weighted by Gasteiger charge is -2.25. The molecule has 1 fully saturated rings. The van der Waals surface area contributed by atoms with Gasteiger partial charge in [-0.15, -0.1) is 11.3 Å². The van der Waals surface area contributed by atoms with Gasteiger partial charge in [-0.25, -0.2) is 0 Å². The number of carbonyl (C=O) groups excluding carboxylic acids is 2. The van der Waals surface area contributed by atoms with Crippen LogP contribution >= 0.6 is 11.3 Å². The Balaban J connectivity index is 1.82. The molecule has 25 heavy (non-hydrogen) atoms. The number of benzene rings is 1. The normalized spacial score (nSPS) is 20.3. The summed E-state index contributed by atoms with van der Waals surface area (Å²) in [5, 5.41) is 1.79. The highest BCUT2D eigenvalue weighted by atomic mass is 32.1. The Morgan fingerprint density at radius 2 is 1.84 bits per heavy atom. The molecule has 2 heterocycles. The highest BCUT2D eigenvalue weighted by Crippen LogP contribution is 2.32. The van der Waals surface area contributed by atoms with E-state index in [-0.39, 0.29) is 17.7 Å². The molecule has 2 aromatic rings. The van der Waals surface area contributed by atoms with Crippen LogP contribution in [0.15, 0.2) is 35.7 Å². The van der Waals surface area contributed by atoms with Gasteiger partial charge in [0.2, 0.25) is 0 Å². The van der Waals surface area contributed by atoms with Crippen LogP contribution in [0.2, 0.25) is 0 Å². The molecular weight excluding hydrogens is 332 g/mol. The average Bonchev–Trinajstić information content (AvgIpc) is 3.22. The van der Waals surface area contributed by atoms with Crippen molar-refractivity contribution in [3.8, 4) is 0 Å². The van der Waals surface area contributed by atoms with Crippen molar-refractivity contribution in [1.29, 1.82) is 0 Å². The second kappa shape index (κ2) is 7.10. The van der Waals surface area contributed by atoms with Crippen molar-refractivity contribution in [3.05, 3.63) is 57.3 Å². The Morgan fingerprint density at radius 1 is 1.16 bits per heavy atom. The first-order valence-electron chi connectivity index (χ1n) is 8.48.